The third-order valence-corrected chi connectivity index (χ3v) is 8.03. The molecule has 42 heavy (non-hydrogen) atoms. The maximum atomic E-state index is 13.0. The lowest BCUT2D eigenvalue weighted by Crippen LogP contribution is -2.56. The number of pyridine rings is 1. The van der Waals surface area contributed by atoms with Crippen molar-refractivity contribution in [2.24, 2.45) is 11.8 Å². The molecule has 0 spiro atoms. The zero-order valence-electron chi connectivity index (χ0n) is 24.7. The Bertz CT molecular complexity index is 1340. The van der Waals surface area contributed by atoms with Gasteiger partial charge in [0.2, 0.25) is 5.91 Å². The molecule has 1 aromatic heterocycles. The van der Waals surface area contributed by atoms with Gasteiger partial charge in [-0.25, -0.2) is 9.18 Å². The molecule has 1 unspecified atom stereocenters. The van der Waals surface area contributed by atoms with Gasteiger partial charge in [0, 0.05) is 48.9 Å². The first-order valence-corrected chi connectivity index (χ1v) is 14.7. The lowest BCUT2D eigenvalue weighted by atomic mass is 9.82. The van der Waals surface area contributed by atoms with E-state index >= 15 is 0 Å². The van der Waals surface area contributed by atoms with Crippen LogP contribution in [-0.2, 0) is 16.1 Å². The fourth-order valence-electron chi connectivity index (χ4n) is 5.42. The molecule has 1 saturated carbocycles. The van der Waals surface area contributed by atoms with Crippen molar-refractivity contribution in [3.8, 4) is 11.3 Å². The minimum atomic E-state index is -0.296. The average molecular weight is 574 g/mol. The fraction of sp³-hybridized carbons (Fsp3) is 0.412. The molecule has 0 bridgehead atoms. The van der Waals surface area contributed by atoms with Crippen LogP contribution in [0.4, 0.5) is 9.18 Å². The molecule has 1 aliphatic heterocycles. The molecule has 1 aliphatic carbocycles. The van der Waals surface area contributed by atoms with Crippen molar-refractivity contribution in [2.45, 2.75) is 59.1 Å². The Balaban J connectivity index is 0.000000216. The average Bonchev–Trinajstić information content (AvgIpc) is 3.01. The Morgan fingerprint density at radius 1 is 0.929 bits per heavy atom. The Labute approximate surface area is 247 Å². The molecular weight excluding hydrogens is 533 g/mol. The SMILES string of the molecule is CC(=O)c1ccc(-c2cccc(F)c2)nc1.CC1CCC(C(=O)N2CCN(C(=O)OCc3ccccc3)C(C)C2)CC1. The van der Waals surface area contributed by atoms with Crippen LogP contribution in [0.15, 0.2) is 72.9 Å². The molecule has 0 N–H and O–H groups in total. The summed E-state index contributed by atoms with van der Waals surface area (Å²) < 4.78 is 18.4. The maximum Gasteiger partial charge on any atom is 0.410 e. The van der Waals surface area contributed by atoms with E-state index < -0.39 is 0 Å². The normalized spacial score (nSPS) is 20.2. The number of carbonyl (C=O) groups excluding carboxylic acids is 3. The highest BCUT2D eigenvalue weighted by atomic mass is 19.1. The number of carbonyl (C=O) groups is 3. The summed E-state index contributed by atoms with van der Waals surface area (Å²) in [6, 6.07) is 19.3. The smallest absolute Gasteiger partial charge is 0.410 e. The number of ether oxygens (including phenoxy) is 1. The van der Waals surface area contributed by atoms with Crippen molar-refractivity contribution in [3.63, 3.8) is 0 Å². The lowest BCUT2D eigenvalue weighted by Gasteiger charge is -2.41. The van der Waals surface area contributed by atoms with Crippen molar-refractivity contribution in [1.29, 1.82) is 0 Å². The monoisotopic (exact) mass is 573 g/mol. The Morgan fingerprint density at radius 3 is 2.29 bits per heavy atom. The quantitative estimate of drug-likeness (QED) is 0.315. The molecule has 2 fully saturated rings. The largest absolute Gasteiger partial charge is 0.445 e. The van der Waals surface area contributed by atoms with E-state index in [1.165, 1.54) is 25.3 Å². The van der Waals surface area contributed by atoms with Crippen LogP contribution in [0.3, 0.4) is 0 Å². The van der Waals surface area contributed by atoms with Gasteiger partial charge in [0.25, 0.3) is 0 Å². The summed E-state index contributed by atoms with van der Waals surface area (Å²) in [5.41, 5.74) is 2.90. The van der Waals surface area contributed by atoms with Crippen molar-refractivity contribution < 1.29 is 23.5 Å². The summed E-state index contributed by atoms with van der Waals surface area (Å²) in [4.78, 5) is 44.0. The van der Waals surface area contributed by atoms with E-state index in [9.17, 15) is 18.8 Å². The lowest BCUT2D eigenvalue weighted by molar-refractivity contribution is -0.139. The van der Waals surface area contributed by atoms with E-state index in [2.05, 4.69) is 11.9 Å². The van der Waals surface area contributed by atoms with Crippen molar-refractivity contribution in [2.75, 3.05) is 19.6 Å². The van der Waals surface area contributed by atoms with E-state index in [1.807, 2.05) is 42.2 Å². The number of aromatic nitrogens is 1. The highest BCUT2D eigenvalue weighted by molar-refractivity contribution is 5.93. The van der Waals surface area contributed by atoms with E-state index in [-0.39, 0.29) is 42.2 Å². The van der Waals surface area contributed by atoms with Crippen LogP contribution in [0, 0.1) is 17.7 Å². The molecule has 1 saturated heterocycles. The Morgan fingerprint density at radius 2 is 1.67 bits per heavy atom. The molecule has 222 valence electrons. The van der Waals surface area contributed by atoms with Crippen molar-refractivity contribution >= 4 is 17.8 Å². The molecule has 2 aliphatic rings. The Hall–Kier alpha value is -4.07. The number of piperazine rings is 1. The molecule has 5 rings (SSSR count). The van der Waals surface area contributed by atoms with Crippen LogP contribution in [0.25, 0.3) is 11.3 Å². The number of hydrogen-bond donors (Lipinski definition) is 0. The van der Waals surface area contributed by atoms with E-state index in [1.54, 1.807) is 29.2 Å². The molecule has 2 amide bonds. The van der Waals surface area contributed by atoms with Crippen LogP contribution in [0.2, 0.25) is 0 Å². The molecule has 2 aromatic carbocycles. The maximum absolute atomic E-state index is 13.0. The first kappa shape index (κ1) is 30.9. The van der Waals surface area contributed by atoms with Gasteiger partial charge in [0.05, 0.1) is 5.69 Å². The van der Waals surface area contributed by atoms with Gasteiger partial charge in [-0.1, -0.05) is 49.4 Å². The number of ketones is 1. The summed E-state index contributed by atoms with van der Waals surface area (Å²) in [5, 5.41) is 0. The zero-order valence-corrected chi connectivity index (χ0v) is 24.7. The second-order valence-corrected chi connectivity index (χ2v) is 11.3. The minimum absolute atomic E-state index is 0.0153. The highest BCUT2D eigenvalue weighted by Crippen LogP contribution is 2.30. The van der Waals surface area contributed by atoms with Crippen LogP contribution in [0.1, 0.15) is 62.4 Å². The standard InChI is InChI=1S/C21H30N2O3.C13H10FNO/c1-16-8-10-19(11-9-16)20(24)22-12-13-23(17(2)14-22)21(25)26-15-18-6-4-3-5-7-18;1-9(16)11-5-6-13(15-8-11)10-3-2-4-12(14)7-10/h3-7,16-17,19H,8-15H2,1-2H3;2-8H,1H3. The van der Waals surface area contributed by atoms with Gasteiger partial charge in [-0.05, 0) is 75.3 Å². The van der Waals surface area contributed by atoms with Crippen LogP contribution >= 0.6 is 0 Å². The number of benzene rings is 2. The van der Waals surface area contributed by atoms with Crippen LogP contribution in [0.5, 0.6) is 0 Å². The van der Waals surface area contributed by atoms with Gasteiger partial charge in [-0.15, -0.1) is 0 Å². The summed E-state index contributed by atoms with van der Waals surface area (Å²) in [6.45, 7) is 7.78. The minimum Gasteiger partial charge on any atom is -0.445 e. The molecule has 8 heteroatoms. The molecule has 0 radical (unpaired) electrons. The number of amides is 2. The van der Waals surface area contributed by atoms with E-state index in [4.69, 9.17) is 4.74 Å². The second-order valence-electron chi connectivity index (χ2n) is 11.3. The molecule has 7 nitrogen and oxygen atoms in total. The zero-order chi connectivity index (χ0) is 30.1. The summed E-state index contributed by atoms with van der Waals surface area (Å²) in [5.74, 6) is 0.874. The number of nitrogens with zero attached hydrogens (tertiary/aromatic N) is 3. The first-order valence-electron chi connectivity index (χ1n) is 14.7. The predicted molar refractivity (Wildman–Crippen MR) is 160 cm³/mol. The number of rotatable bonds is 5. The molecule has 3 aromatic rings. The van der Waals surface area contributed by atoms with Gasteiger partial charge in [-0.3, -0.25) is 14.6 Å². The number of hydrogen-bond acceptors (Lipinski definition) is 5. The van der Waals surface area contributed by atoms with E-state index in [0.29, 0.717) is 36.5 Å². The Kier molecular flexibility index (Phi) is 10.8. The topological polar surface area (TPSA) is 79.8 Å². The summed E-state index contributed by atoms with van der Waals surface area (Å²) in [7, 11) is 0. The summed E-state index contributed by atoms with van der Waals surface area (Å²) >= 11 is 0. The third kappa shape index (κ3) is 8.47. The molecule has 2 heterocycles. The number of Topliss-reactive ketones (excluding diaryl/α,β-unsaturated/α-hetero) is 1. The van der Waals surface area contributed by atoms with Gasteiger partial charge in [0.15, 0.2) is 5.78 Å². The third-order valence-electron chi connectivity index (χ3n) is 8.03. The van der Waals surface area contributed by atoms with E-state index in [0.717, 1.165) is 37.2 Å². The summed E-state index contributed by atoms with van der Waals surface area (Å²) in [6.07, 6.45) is 5.53. The van der Waals surface area contributed by atoms with Gasteiger partial charge < -0.3 is 14.5 Å². The predicted octanol–water partition coefficient (Wildman–Crippen LogP) is 6.77. The van der Waals surface area contributed by atoms with Crippen molar-refractivity contribution in [3.05, 3.63) is 89.9 Å². The molecular formula is C34H40FN3O4. The van der Waals surface area contributed by atoms with Crippen molar-refractivity contribution in [1.82, 2.24) is 14.8 Å². The van der Waals surface area contributed by atoms with Crippen LogP contribution in [-0.4, -0.2) is 58.2 Å². The number of halogens is 1. The van der Waals surface area contributed by atoms with Crippen LogP contribution < -0.4 is 0 Å². The second kappa shape index (κ2) is 14.7. The highest BCUT2D eigenvalue weighted by Gasteiger charge is 2.34. The van der Waals surface area contributed by atoms with Gasteiger partial charge in [-0.2, -0.15) is 0 Å². The first-order chi connectivity index (χ1) is 20.2. The van der Waals surface area contributed by atoms with Gasteiger partial charge >= 0.3 is 6.09 Å². The molecule has 1 atom stereocenters. The fourth-order valence-corrected chi connectivity index (χ4v) is 5.42. The van der Waals surface area contributed by atoms with Gasteiger partial charge in [0.1, 0.15) is 12.4 Å².